The van der Waals surface area contributed by atoms with E-state index >= 15 is 0 Å². The van der Waals surface area contributed by atoms with Gasteiger partial charge in [0.2, 0.25) is 0 Å². The van der Waals surface area contributed by atoms with Gasteiger partial charge in [-0.1, -0.05) is 13.8 Å². The van der Waals surface area contributed by atoms with E-state index in [1.54, 1.807) is 0 Å². The van der Waals surface area contributed by atoms with Crippen molar-refractivity contribution in [3.8, 4) is 0 Å². The molecule has 0 spiro atoms. The molecule has 14 heavy (non-hydrogen) atoms. The Hall–Kier alpha value is -0.260. The Morgan fingerprint density at radius 2 is 2.36 bits per heavy atom. The van der Waals surface area contributed by atoms with Crippen LogP contribution in [0.1, 0.15) is 39.2 Å². The molecule has 0 saturated heterocycles. The summed E-state index contributed by atoms with van der Waals surface area (Å²) in [4.78, 5) is 0. The van der Waals surface area contributed by atoms with Gasteiger partial charge in [-0.15, -0.1) is 0 Å². The van der Waals surface area contributed by atoms with E-state index in [4.69, 9.17) is 5.73 Å². The van der Waals surface area contributed by atoms with E-state index in [2.05, 4.69) is 41.5 Å². The molecule has 1 unspecified atom stereocenters. The summed E-state index contributed by atoms with van der Waals surface area (Å²) in [6, 6.07) is 0.508. The number of nitrogens with two attached hydrogens (primary N) is 1. The molecular weight excluding hydrogens is 289 g/mol. The molecule has 1 aromatic heterocycles. The number of nitrogen functional groups attached to an aromatic ring is 1. The molecular formula is C10H16IN3. The van der Waals surface area contributed by atoms with Gasteiger partial charge in [-0.2, -0.15) is 5.10 Å². The number of aromatic nitrogens is 2. The minimum absolute atomic E-state index is 0.453. The van der Waals surface area contributed by atoms with E-state index in [1.165, 1.54) is 19.3 Å². The fraction of sp³-hybridized carbons (Fsp3) is 0.700. The molecule has 1 aliphatic rings. The highest BCUT2D eigenvalue weighted by atomic mass is 127. The maximum Gasteiger partial charge on any atom is 0.135 e. The molecule has 0 aliphatic heterocycles. The summed E-state index contributed by atoms with van der Waals surface area (Å²) < 4.78 is 3.06. The van der Waals surface area contributed by atoms with E-state index in [1.807, 2.05) is 10.9 Å². The van der Waals surface area contributed by atoms with Crippen LogP contribution in [0.25, 0.3) is 0 Å². The molecule has 1 heterocycles. The van der Waals surface area contributed by atoms with Crippen LogP contribution in [0.5, 0.6) is 0 Å². The maximum absolute atomic E-state index is 5.96. The second-order valence-corrected chi connectivity index (χ2v) is 6.05. The molecule has 78 valence electrons. The monoisotopic (exact) mass is 305 g/mol. The molecule has 4 heteroatoms. The van der Waals surface area contributed by atoms with Gasteiger partial charge in [-0.05, 0) is 47.3 Å². The summed E-state index contributed by atoms with van der Waals surface area (Å²) in [5.74, 6) is 0.827. The topological polar surface area (TPSA) is 43.8 Å². The van der Waals surface area contributed by atoms with Crippen LogP contribution >= 0.6 is 22.6 Å². The van der Waals surface area contributed by atoms with Crippen LogP contribution in [-0.2, 0) is 0 Å². The lowest BCUT2D eigenvalue weighted by molar-refractivity contribution is 0.351. The zero-order chi connectivity index (χ0) is 10.3. The lowest BCUT2D eigenvalue weighted by Crippen LogP contribution is -2.12. The van der Waals surface area contributed by atoms with Gasteiger partial charge in [0, 0.05) is 0 Å². The van der Waals surface area contributed by atoms with Crippen LogP contribution in [0.2, 0.25) is 0 Å². The summed E-state index contributed by atoms with van der Waals surface area (Å²) in [5.41, 5.74) is 6.42. The molecule has 0 radical (unpaired) electrons. The Labute approximate surface area is 98.2 Å². The van der Waals surface area contributed by atoms with Crippen LogP contribution in [0, 0.1) is 8.99 Å². The van der Waals surface area contributed by atoms with Gasteiger partial charge in [0.05, 0.1) is 15.8 Å². The van der Waals surface area contributed by atoms with Crippen LogP contribution in [0.15, 0.2) is 6.20 Å². The fourth-order valence-corrected chi connectivity index (χ4v) is 2.62. The largest absolute Gasteiger partial charge is 0.383 e. The smallest absolute Gasteiger partial charge is 0.135 e. The predicted molar refractivity (Wildman–Crippen MR) is 66.0 cm³/mol. The molecule has 1 aromatic rings. The summed E-state index contributed by atoms with van der Waals surface area (Å²) in [5, 5.41) is 4.35. The SMILES string of the molecule is CC1(C)CCC(n2ncc(I)c2N)C1. The highest BCUT2D eigenvalue weighted by Gasteiger charge is 2.33. The van der Waals surface area contributed by atoms with Crippen molar-refractivity contribution in [2.75, 3.05) is 5.73 Å². The lowest BCUT2D eigenvalue weighted by Gasteiger charge is -2.17. The Kier molecular flexibility index (Phi) is 2.49. The van der Waals surface area contributed by atoms with Gasteiger partial charge in [0.1, 0.15) is 5.82 Å². The van der Waals surface area contributed by atoms with Crippen LogP contribution in [-0.4, -0.2) is 9.78 Å². The van der Waals surface area contributed by atoms with Crippen LogP contribution < -0.4 is 5.73 Å². The fourth-order valence-electron chi connectivity index (χ4n) is 2.25. The predicted octanol–water partition coefficient (Wildman–Crippen LogP) is 2.82. The molecule has 0 bridgehead atoms. The number of nitrogens with zero attached hydrogens (tertiary/aromatic N) is 2. The average Bonchev–Trinajstić information content (AvgIpc) is 2.59. The highest BCUT2D eigenvalue weighted by Crippen LogP contribution is 2.44. The van der Waals surface area contributed by atoms with Crippen LogP contribution in [0.3, 0.4) is 0 Å². The van der Waals surface area contributed by atoms with Crippen molar-refractivity contribution in [2.24, 2.45) is 5.41 Å². The second-order valence-electron chi connectivity index (χ2n) is 4.88. The normalized spacial score (nSPS) is 25.5. The first-order valence-corrected chi connectivity index (χ1v) is 6.06. The van der Waals surface area contributed by atoms with Gasteiger partial charge < -0.3 is 5.73 Å². The number of anilines is 1. The number of halogens is 1. The van der Waals surface area contributed by atoms with Crippen molar-refractivity contribution < 1.29 is 0 Å². The van der Waals surface area contributed by atoms with Crippen molar-refractivity contribution in [1.29, 1.82) is 0 Å². The highest BCUT2D eigenvalue weighted by molar-refractivity contribution is 14.1. The maximum atomic E-state index is 5.96. The van der Waals surface area contributed by atoms with E-state index in [0.29, 0.717) is 11.5 Å². The lowest BCUT2D eigenvalue weighted by atomic mass is 9.92. The Balaban J connectivity index is 2.22. The molecule has 1 saturated carbocycles. The third kappa shape index (κ3) is 1.76. The zero-order valence-corrected chi connectivity index (χ0v) is 10.8. The third-order valence-corrected chi connectivity index (χ3v) is 3.91. The molecule has 2 rings (SSSR count). The molecule has 1 atom stereocenters. The number of hydrogen-bond donors (Lipinski definition) is 1. The van der Waals surface area contributed by atoms with E-state index in [0.717, 1.165) is 9.39 Å². The van der Waals surface area contributed by atoms with Crippen molar-refractivity contribution in [3.05, 3.63) is 9.77 Å². The van der Waals surface area contributed by atoms with Crippen LogP contribution in [0.4, 0.5) is 5.82 Å². The van der Waals surface area contributed by atoms with Gasteiger partial charge in [-0.25, -0.2) is 4.68 Å². The summed E-state index contributed by atoms with van der Waals surface area (Å²) in [6.45, 7) is 4.63. The minimum Gasteiger partial charge on any atom is -0.383 e. The molecule has 0 aromatic carbocycles. The standard InChI is InChI=1S/C10H16IN3/c1-10(2)4-3-7(5-10)14-9(12)8(11)6-13-14/h6-7H,3-5,12H2,1-2H3. The molecule has 2 N–H and O–H groups in total. The molecule has 1 fully saturated rings. The average molecular weight is 305 g/mol. The molecule has 3 nitrogen and oxygen atoms in total. The second kappa shape index (κ2) is 3.40. The van der Waals surface area contributed by atoms with Crippen molar-refractivity contribution in [2.45, 2.75) is 39.2 Å². The Bertz CT molecular complexity index is 343. The first-order chi connectivity index (χ1) is 6.49. The molecule has 0 amide bonds. The summed E-state index contributed by atoms with van der Waals surface area (Å²) in [6.07, 6.45) is 5.51. The molecule has 1 aliphatic carbocycles. The van der Waals surface area contributed by atoms with Gasteiger partial charge in [-0.3, -0.25) is 0 Å². The zero-order valence-electron chi connectivity index (χ0n) is 8.63. The van der Waals surface area contributed by atoms with Crippen molar-refractivity contribution in [1.82, 2.24) is 9.78 Å². The Morgan fingerprint density at radius 1 is 1.64 bits per heavy atom. The Morgan fingerprint density at radius 3 is 2.79 bits per heavy atom. The summed E-state index contributed by atoms with van der Waals surface area (Å²) >= 11 is 2.23. The third-order valence-electron chi connectivity index (χ3n) is 3.08. The quantitative estimate of drug-likeness (QED) is 0.811. The van der Waals surface area contributed by atoms with E-state index in [9.17, 15) is 0 Å². The summed E-state index contributed by atoms with van der Waals surface area (Å²) in [7, 11) is 0. The minimum atomic E-state index is 0.453. The van der Waals surface area contributed by atoms with Gasteiger partial charge in [0.25, 0.3) is 0 Å². The number of hydrogen-bond acceptors (Lipinski definition) is 2. The number of rotatable bonds is 1. The van der Waals surface area contributed by atoms with Gasteiger partial charge >= 0.3 is 0 Å². The van der Waals surface area contributed by atoms with Gasteiger partial charge in [0.15, 0.2) is 0 Å². The first kappa shape index (κ1) is 10.3. The van der Waals surface area contributed by atoms with E-state index in [-0.39, 0.29) is 0 Å². The first-order valence-electron chi connectivity index (χ1n) is 4.98. The van der Waals surface area contributed by atoms with Crippen molar-refractivity contribution in [3.63, 3.8) is 0 Å². The van der Waals surface area contributed by atoms with E-state index < -0.39 is 0 Å². The van der Waals surface area contributed by atoms with Crippen molar-refractivity contribution >= 4 is 28.4 Å².